The molecule has 2 unspecified atom stereocenters. The van der Waals surface area contributed by atoms with E-state index in [1.54, 1.807) is 0 Å². The number of aromatic amines is 1. The molecule has 5 nitrogen and oxygen atoms in total. The first-order valence-electron chi connectivity index (χ1n) is 7.14. The molecule has 1 aromatic carbocycles. The number of carbonyl (C=O) groups excluding carboxylic acids is 1. The molecule has 3 rings (SSSR count). The van der Waals surface area contributed by atoms with Gasteiger partial charge in [0.05, 0.1) is 0 Å². The van der Waals surface area contributed by atoms with Gasteiger partial charge in [0.25, 0.3) is 0 Å². The lowest BCUT2D eigenvalue weighted by molar-refractivity contribution is -0.142. The largest absolute Gasteiger partial charge is 0.480 e. The molecule has 0 radical (unpaired) electrons. The average Bonchev–Trinajstić information content (AvgIpc) is 3.06. The highest BCUT2D eigenvalue weighted by molar-refractivity contribution is 5.88. The third kappa shape index (κ3) is 2.77. The second-order valence-corrected chi connectivity index (χ2v) is 5.78. The van der Waals surface area contributed by atoms with Gasteiger partial charge in [0.2, 0.25) is 5.91 Å². The minimum absolute atomic E-state index is 0.0187. The summed E-state index contributed by atoms with van der Waals surface area (Å²) in [5, 5.41) is 13.0. The summed E-state index contributed by atoms with van der Waals surface area (Å²) in [7, 11) is 0. The van der Waals surface area contributed by atoms with Crippen LogP contribution in [-0.2, 0) is 16.0 Å². The summed E-state index contributed by atoms with van der Waals surface area (Å²) in [5.74, 6) is -0.793. The maximum absolute atomic E-state index is 11.9. The van der Waals surface area contributed by atoms with Crippen LogP contribution < -0.4 is 5.32 Å². The number of nitrogens with one attached hydrogen (secondary N) is 2. The van der Waals surface area contributed by atoms with E-state index in [1.807, 2.05) is 37.4 Å². The summed E-state index contributed by atoms with van der Waals surface area (Å²) in [6.45, 7) is 2.00. The topological polar surface area (TPSA) is 82.2 Å². The number of hydrogen-bond acceptors (Lipinski definition) is 2. The Labute approximate surface area is 122 Å². The van der Waals surface area contributed by atoms with Crippen LogP contribution in [-0.4, -0.2) is 28.0 Å². The van der Waals surface area contributed by atoms with E-state index in [4.69, 9.17) is 0 Å². The lowest BCUT2D eigenvalue weighted by Crippen LogP contribution is -2.43. The molecule has 5 heteroatoms. The molecule has 3 atom stereocenters. The van der Waals surface area contributed by atoms with Crippen LogP contribution in [0.15, 0.2) is 30.5 Å². The number of rotatable bonds is 5. The standard InChI is InChI=1S/C16H18N2O3/c1-9-6-12(9)15(19)18-14(16(20)21)7-10-8-17-13-5-3-2-4-11(10)13/h2-5,8-9,12,14,17H,6-7H2,1H3,(H,18,19)(H,20,21)/t9?,12?,14-/m0/s1. The molecule has 2 aromatic rings. The molecule has 110 valence electrons. The van der Waals surface area contributed by atoms with E-state index in [2.05, 4.69) is 10.3 Å². The van der Waals surface area contributed by atoms with E-state index in [1.165, 1.54) is 0 Å². The number of para-hydroxylation sites is 1. The molecule has 1 amide bonds. The minimum Gasteiger partial charge on any atom is -0.480 e. The maximum Gasteiger partial charge on any atom is 0.326 e. The van der Waals surface area contributed by atoms with Gasteiger partial charge in [-0.05, 0) is 24.0 Å². The quantitative estimate of drug-likeness (QED) is 0.785. The van der Waals surface area contributed by atoms with Gasteiger partial charge in [-0.15, -0.1) is 0 Å². The number of aliphatic carboxylic acids is 1. The molecule has 3 N–H and O–H groups in total. The van der Waals surface area contributed by atoms with Gasteiger partial charge in [-0.25, -0.2) is 4.79 Å². The second kappa shape index (κ2) is 5.24. The number of hydrogen-bond donors (Lipinski definition) is 3. The first-order chi connectivity index (χ1) is 10.1. The maximum atomic E-state index is 11.9. The Morgan fingerprint density at radius 2 is 2.14 bits per heavy atom. The van der Waals surface area contributed by atoms with E-state index >= 15 is 0 Å². The van der Waals surface area contributed by atoms with Crippen LogP contribution in [0.5, 0.6) is 0 Å². The Kier molecular flexibility index (Phi) is 3.41. The van der Waals surface area contributed by atoms with Gasteiger partial charge >= 0.3 is 5.97 Å². The molecule has 0 saturated heterocycles. The van der Waals surface area contributed by atoms with Gasteiger partial charge < -0.3 is 15.4 Å². The number of amides is 1. The van der Waals surface area contributed by atoms with Crippen LogP contribution in [0.3, 0.4) is 0 Å². The van der Waals surface area contributed by atoms with Crippen molar-refractivity contribution in [3.8, 4) is 0 Å². The Bertz CT molecular complexity index is 692. The van der Waals surface area contributed by atoms with Crippen molar-refractivity contribution < 1.29 is 14.7 Å². The van der Waals surface area contributed by atoms with Crippen molar-refractivity contribution in [3.63, 3.8) is 0 Å². The summed E-state index contributed by atoms with van der Waals surface area (Å²) in [6, 6.07) is 6.85. The van der Waals surface area contributed by atoms with Crippen LogP contribution in [0.2, 0.25) is 0 Å². The summed E-state index contributed by atoms with van der Waals surface area (Å²) in [5.41, 5.74) is 1.88. The van der Waals surface area contributed by atoms with Gasteiger partial charge in [0.1, 0.15) is 6.04 Å². The Morgan fingerprint density at radius 1 is 1.43 bits per heavy atom. The fraction of sp³-hybridized carbons (Fsp3) is 0.375. The van der Waals surface area contributed by atoms with Crippen LogP contribution in [0.4, 0.5) is 0 Å². The van der Waals surface area contributed by atoms with E-state index in [0.717, 1.165) is 22.9 Å². The lowest BCUT2D eigenvalue weighted by Gasteiger charge is -2.14. The highest BCUT2D eigenvalue weighted by Crippen LogP contribution is 2.37. The first kappa shape index (κ1) is 13.7. The summed E-state index contributed by atoms with van der Waals surface area (Å²) in [4.78, 5) is 26.5. The molecule has 1 aliphatic carbocycles. The van der Waals surface area contributed by atoms with E-state index in [9.17, 15) is 14.7 Å². The normalized spacial score (nSPS) is 22.0. The Hall–Kier alpha value is -2.30. The molecular formula is C16H18N2O3. The van der Waals surface area contributed by atoms with E-state index in [0.29, 0.717) is 5.92 Å². The molecule has 0 bridgehead atoms. The van der Waals surface area contributed by atoms with Crippen molar-refractivity contribution in [2.24, 2.45) is 11.8 Å². The number of aromatic nitrogens is 1. The number of H-pyrrole nitrogens is 1. The van der Waals surface area contributed by atoms with Crippen molar-refractivity contribution >= 4 is 22.8 Å². The molecule has 1 fully saturated rings. The van der Waals surface area contributed by atoms with E-state index < -0.39 is 12.0 Å². The molecular weight excluding hydrogens is 268 g/mol. The van der Waals surface area contributed by atoms with Crippen molar-refractivity contribution in [1.29, 1.82) is 0 Å². The SMILES string of the molecule is CC1CC1C(=O)N[C@@H](Cc1c[nH]c2ccccc12)C(=O)O. The highest BCUT2D eigenvalue weighted by Gasteiger charge is 2.40. The lowest BCUT2D eigenvalue weighted by atomic mass is 10.0. The second-order valence-electron chi connectivity index (χ2n) is 5.78. The van der Waals surface area contributed by atoms with Crippen molar-refractivity contribution in [2.75, 3.05) is 0 Å². The molecule has 1 saturated carbocycles. The zero-order valence-electron chi connectivity index (χ0n) is 11.8. The van der Waals surface area contributed by atoms with Crippen LogP contribution >= 0.6 is 0 Å². The molecule has 21 heavy (non-hydrogen) atoms. The zero-order valence-corrected chi connectivity index (χ0v) is 11.8. The van der Waals surface area contributed by atoms with Gasteiger partial charge in [-0.1, -0.05) is 25.1 Å². The molecule has 1 aromatic heterocycles. The fourth-order valence-electron chi connectivity index (χ4n) is 2.69. The van der Waals surface area contributed by atoms with Gasteiger partial charge in [-0.3, -0.25) is 4.79 Å². The van der Waals surface area contributed by atoms with Crippen LogP contribution in [0.1, 0.15) is 18.9 Å². The predicted octanol–water partition coefficient (Wildman–Crippen LogP) is 1.94. The summed E-state index contributed by atoms with van der Waals surface area (Å²) < 4.78 is 0. The number of carbonyl (C=O) groups is 2. The number of fused-ring (bicyclic) bond motifs is 1. The number of benzene rings is 1. The summed E-state index contributed by atoms with van der Waals surface area (Å²) in [6.07, 6.45) is 2.95. The molecule has 0 aliphatic heterocycles. The van der Waals surface area contributed by atoms with Gasteiger partial charge in [0, 0.05) is 29.4 Å². The third-order valence-corrected chi connectivity index (χ3v) is 4.16. The number of carboxylic acid groups (broad SMARTS) is 1. The average molecular weight is 286 g/mol. The third-order valence-electron chi connectivity index (χ3n) is 4.16. The predicted molar refractivity (Wildman–Crippen MR) is 78.8 cm³/mol. The zero-order chi connectivity index (χ0) is 15.0. The van der Waals surface area contributed by atoms with Crippen molar-refractivity contribution in [3.05, 3.63) is 36.0 Å². The van der Waals surface area contributed by atoms with Crippen molar-refractivity contribution in [1.82, 2.24) is 10.3 Å². The first-order valence-corrected chi connectivity index (χ1v) is 7.14. The monoisotopic (exact) mass is 286 g/mol. The van der Waals surface area contributed by atoms with Crippen molar-refractivity contribution in [2.45, 2.75) is 25.8 Å². The Morgan fingerprint density at radius 3 is 2.81 bits per heavy atom. The van der Waals surface area contributed by atoms with Crippen LogP contribution in [0.25, 0.3) is 10.9 Å². The Balaban J connectivity index is 1.76. The molecule has 1 heterocycles. The highest BCUT2D eigenvalue weighted by atomic mass is 16.4. The van der Waals surface area contributed by atoms with Gasteiger partial charge in [0.15, 0.2) is 0 Å². The van der Waals surface area contributed by atoms with Gasteiger partial charge in [-0.2, -0.15) is 0 Å². The molecule has 1 aliphatic rings. The fourth-order valence-corrected chi connectivity index (χ4v) is 2.69. The summed E-state index contributed by atoms with van der Waals surface area (Å²) >= 11 is 0. The number of carboxylic acids is 1. The smallest absolute Gasteiger partial charge is 0.326 e. The van der Waals surface area contributed by atoms with Crippen LogP contribution in [0, 0.1) is 11.8 Å². The molecule has 0 spiro atoms. The van der Waals surface area contributed by atoms with E-state index in [-0.39, 0.29) is 18.2 Å². The minimum atomic E-state index is -0.998.